The van der Waals surface area contributed by atoms with Crippen molar-refractivity contribution in [3.05, 3.63) is 136 Å². The summed E-state index contributed by atoms with van der Waals surface area (Å²) in [6.07, 6.45) is 6.25. The molecule has 196 valence electrons. The number of hydrogen-bond donors (Lipinski definition) is 1. The largest absolute Gasteiger partial charge is 0.402 e. The Morgan fingerprint density at radius 3 is 1.90 bits per heavy atom. The number of allylic oxidation sites excluding steroid dienone is 4. The van der Waals surface area contributed by atoms with Crippen LogP contribution in [0.25, 0.3) is 60.1 Å². The van der Waals surface area contributed by atoms with Crippen LogP contribution in [0, 0.1) is 3.57 Å². The number of nitrogens with two attached hydrogens (primary N) is 1. The van der Waals surface area contributed by atoms with Gasteiger partial charge in [0.2, 0.25) is 0 Å². The lowest BCUT2D eigenvalue weighted by Gasteiger charge is -2.19. The summed E-state index contributed by atoms with van der Waals surface area (Å²) in [6, 6.07) is 39.8. The third kappa shape index (κ3) is 4.71. The molecule has 40 heavy (non-hydrogen) atoms. The summed E-state index contributed by atoms with van der Waals surface area (Å²) in [7, 11) is 0. The summed E-state index contributed by atoms with van der Waals surface area (Å²) in [5.41, 5.74) is 14.8. The second-order valence-electron chi connectivity index (χ2n) is 10.2. The Balaban J connectivity index is 1.62. The molecular weight excluding hydrogens is 597 g/mol. The zero-order valence-electron chi connectivity index (χ0n) is 22.9. The number of halogens is 1. The molecular formula is C38H32IN. The lowest BCUT2D eigenvalue weighted by Crippen LogP contribution is -1.98. The minimum Gasteiger partial charge on any atom is -0.402 e. The van der Waals surface area contributed by atoms with Gasteiger partial charge >= 0.3 is 0 Å². The normalized spacial score (nSPS) is 12.5. The van der Waals surface area contributed by atoms with E-state index < -0.39 is 0 Å². The molecule has 0 heterocycles. The van der Waals surface area contributed by atoms with Crippen LogP contribution in [0.1, 0.15) is 32.3 Å². The molecule has 0 amide bonds. The second-order valence-corrected chi connectivity index (χ2v) is 11.4. The highest BCUT2D eigenvalue weighted by Crippen LogP contribution is 2.43. The number of fused-ring (bicyclic) bond motifs is 3. The van der Waals surface area contributed by atoms with Crippen molar-refractivity contribution in [2.75, 3.05) is 0 Å². The van der Waals surface area contributed by atoms with Gasteiger partial charge in [0, 0.05) is 9.27 Å². The van der Waals surface area contributed by atoms with Crippen LogP contribution in [0.15, 0.2) is 127 Å². The highest BCUT2D eigenvalue weighted by molar-refractivity contribution is 14.1. The minimum absolute atomic E-state index is 0.830. The standard InChI is InChI=1S/C38H32IN/c1-3-12-26(23-28(40)4-2)37-32-16-7-9-18-34(32)38(35-19-10-8-17-33(35)37)27-21-22-31(36(39)24-27)30-20-11-14-25-13-5-6-15-29(25)30/h5-24H,3-4,40H2,1-2H3/b26-12+,28-23+. The predicted molar refractivity (Wildman–Crippen MR) is 183 cm³/mol. The van der Waals surface area contributed by atoms with Crippen LogP contribution < -0.4 is 5.73 Å². The first-order chi connectivity index (χ1) is 19.6. The van der Waals surface area contributed by atoms with E-state index in [-0.39, 0.29) is 0 Å². The van der Waals surface area contributed by atoms with Crippen LogP contribution in [0.2, 0.25) is 0 Å². The van der Waals surface area contributed by atoms with Crippen LogP contribution in [0.3, 0.4) is 0 Å². The van der Waals surface area contributed by atoms with Crippen molar-refractivity contribution >= 4 is 60.5 Å². The third-order valence-corrected chi connectivity index (χ3v) is 8.62. The van der Waals surface area contributed by atoms with E-state index in [0.717, 1.165) is 18.5 Å². The summed E-state index contributed by atoms with van der Waals surface area (Å²) < 4.78 is 1.24. The molecule has 0 saturated carbocycles. The van der Waals surface area contributed by atoms with Gasteiger partial charge in [-0.2, -0.15) is 0 Å². The van der Waals surface area contributed by atoms with Crippen molar-refractivity contribution in [2.45, 2.75) is 26.7 Å². The molecule has 6 aromatic rings. The van der Waals surface area contributed by atoms with Crippen molar-refractivity contribution in [3.8, 4) is 22.3 Å². The molecule has 0 saturated heterocycles. The first-order valence-corrected chi connectivity index (χ1v) is 15.1. The molecule has 0 aliphatic heterocycles. The lowest BCUT2D eigenvalue weighted by atomic mass is 9.85. The molecule has 6 aromatic carbocycles. The van der Waals surface area contributed by atoms with E-state index in [0.29, 0.717) is 0 Å². The highest BCUT2D eigenvalue weighted by atomic mass is 127. The van der Waals surface area contributed by atoms with E-state index in [1.807, 2.05) is 0 Å². The number of benzene rings is 6. The van der Waals surface area contributed by atoms with E-state index in [4.69, 9.17) is 5.73 Å². The first-order valence-electron chi connectivity index (χ1n) is 14.0. The molecule has 0 aromatic heterocycles. The molecule has 0 bridgehead atoms. The Morgan fingerprint density at radius 2 is 1.27 bits per heavy atom. The van der Waals surface area contributed by atoms with Crippen molar-refractivity contribution in [1.82, 2.24) is 0 Å². The Morgan fingerprint density at radius 1 is 0.675 bits per heavy atom. The Bertz CT molecular complexity index is 1880. The quantitative estimate of drug-likeness (QED) is 0.111. The van der Waals surface area contributed by atoms with Crippen molar-refractivity contribution in [3.63, 3.8) is 0 Å². The molecule has 1 nitrogen and oxygen atoms in total. The summed E-state index contributed by atoms with van der Waals surface area (Å²) >= 11 is 2.51. The zero-order valence-corrected chi connectivity index (χ0v) is 25.1. The van der Waals surface area contributed by atoms with E-state index in [9.17, 15) is 0 Å². The summed E-state index contributed by atoms with van der Waals surface area (Å²) in [4.78, 5) is 0. The zero-order chi connectivity index (χ0) is 27.6. The molecule has 0 radical (unpaired) electrons. The maximum atomic E-state index is 6.38. The van der Waals surface area contributed by atoms with Gasteiger partial charge in [0.25, 0.3) is 0 Å². The van der Waals surface area contributed by atoms with Crippen molar-refractivity contribution in [1.29, 1.82) is 0 Å². The van der Waals surface area contributed by atoms with Crippen molar-refractivity contribution < 1.29 is 0 Å². The molecule has 2 heteroatoms. The molecule has 0 unspecified atom stereocenters. The molecule has 0 fully saturated rings. The maximum absolute atomic E-state index is 6.38. The van der Waals surface area contributed by atoms with Gasteiger partial charge in [0.1, 0.15) is 0 Å². The topological polar surface area (TPSA) is 26.0 Å². The number of rotatable bonds is 6. The van der Waals surface area contributed by atoms with E-state index >= 15 is 0 Å². The van der Waals surface area contributed by atoms with Gasteiger partial charge in [-0.05, 0) is 113 Å². The van der Waals surface area contributed by atoms with Crippen LogP contribution in [0.5, 0.6) is 0 Å². The fourth-order valence-corrected chi connectivity index (χ4v) is 6.66. The third-order valence-electron chi connectivity index (χ3n) is 7.73. The molecule has 0 aliphatic rings. The van der Waals surface area contributed by atoms with Gasteiger partial charge in [0.05, 0.1) is 0 Å². The fraction of sp³-hybridized carbons (Fsp3) is 0.105. The van der Waals surface area contributed by atoms with E-state index in [1.165, 1.54) is 69.3 Å². The molecule has 0 aliphatic carbocycles. The van der Waals surface area contributed by atoms with Gasteiger partial charge in [-0.25, -0.2) is 0 Å². The highest BCUT2D eigenvalue weighted by Gasteiger charge is 2.18. The average molecular weight is 630 g/mol. The lowest BCUT2D eigenvalue weighted by molar-refractivity contribution is 1.07. The van der Waals surface area contributed by atoms with E-state index in [1.54, 1.807) is 0 Å². The average Bonchev–Trinajstić information content (AvgIpc) is 2.99. The Kier molecular flexibility index (Phi) is 7.44. The van der Waals surface area contributed by atoms with Gasteiger partial charge in [0.15, 0.2) is 0 Å². The first kappa shape index (κ1) is 26.3. The molecule has 0 spiro atoms. The smallest absolute Gasteiger partial charge is 0.0215 e. The minimum atomic E-state index is 0.830. The molecule has 0 atom stereocenters. The van der Waals surface area contributed by atoms with Crippen LogP contribution in [-0.4, -0.2) is 0 Å². The maximum Gasteiger partial charge on any atom is 0.0215 e. The summed E-state index contributed by atoms with van der Waals surface area (Å²) in [5.74, 6) is 0. The SMILES string of the molecule is CC/C=C(\C=C(\N)CC)c1c2ccccc2c(-c2ccc(-c3cccc4ccccc34)c(I)c2)c2ccccc12. The Labute approximate surface area is 250 Å². The predicted octanol–water partition coefficient (Wildman–Crippen LogP) is 11.1. The van der Waals surface area contributed by atoms with Crippen molar-refractivity contribution in [2.24, 2.45) is 5.73 Å². The summed E-state index contributed by atoms with van der Waals surface area (Å²) in [5, 5.41) is 7.57. The number of hydrogen-bond acceptors (Lipinski definition) is 1. The fourth-order valence-electron chi connectivity index (χ4n) is 5.85. The molecule has 2 N–H and O–H groups in total. The van der Waals surface area contributed by atoms with Crippen LogP contribution >= 0.6 is 22.6 Å². The summed E-state index contributed by atoms with van der Waals surface area (Å²) in [6.45, 7) is 4.30. The van der Waals surface area contributed by atoms with Crippen LogP contribution in [-0.2, 0) is 0 Å². The van der Waals surface area contributed by atoms with Gasteiger partial charge in [-0.3, -0.25) is 0 Å². The van der Waals surface area contributed by atoms with Gasteiger partial charge in [-0.15, -0.1) is 0 Å². The van der Waals surface area contributed by atoms with Crippen LogP contribution in [0.4, 0.5) is 0 Å². The molecule has 6 rings (SSSR count). The van der Waals surface area contributed by atoms with E-state index in [2.05, 4.69) is 158 Å². The Hall–Kier alpha value is -3.89. The van der Waals surface area contributed by atoms with Gasteiger partial charge in [-0.1, -0.05) is 123 Å². The second kappa shape index (κ2) is 11.3. The van der Waals surface area contributed by atoms with Gasteiger partial charge < -0.3 is 5.73 Å². The monoisotopic (exact) mass is 629 g/mol.